The first kappa shape index (κ1) is 28.5. The van der Waals surface area contributed by atoms with Gasteiger partial charge in [0.2, 0.25) is 17.7 Å². The average Bonchev–Trinajstić information content (AvgIpc) is 2.97. The molecule has 0 spiro atoms. The lowest BCUT2D eigenvalue weighted by Crippen LogP contribution is -2.65. The van der Waals surface area contributed by atoms with Gasteiger partial charge in [0.05, 0.1) is 0 Å². The fraction of sp³-hybridized carbons (Fsp3) is 0.312. The van der Waals surface area contributed by atoms with Crippen LogP contribution in [0.4, 0.5) is 11.4 Å². The minimum atomic E-state index is -1.22. The van der Waals surface area contributed by atoms with Crippen molar-refractivity contribution in [3.8, 4) is 0 Å². The Morgan fingerprint density at radius 3 is 2.00 bits per heavy atom. The molecule has 40 heavy (non-hydrogen) atoms. The first-order valence-electron chi connectivity index (χ1n) is 13.6. The SMILES string of the molecule is CCc1ccc(N(C(=O)c2ccc(NC(C)=O)cc2)C2(C(=O)NCc3ccccc3)CCN(C(C)=O)CC2)cc1. The summed E-state index contributed by atoms with van der Waals surface area (Å²) in [4.78, 5) is 55.5. The summed E-state index contributed by atoms with van der Waals surface area (Å²) in [5, 5.41) is 5.80. The molecule has 8 nitrogen and oxygen atoms in total. The average molecular weight is 541 g/mol. The number of nitrogens with zero attached hydrogens (tertiary/aromatic N) is 2. The molecule has 0 aromatic heterocycles. The van der Waals surface area contributed by atoms with E-state index in [0.717, 1.165) is 17.5 Å². The molecule has 208 valence electrons. The smallest absolute Gasteiger partial charge is 0.259 e. The highest BCUT2D eigenvalue weighted by atomic mass is 16.2. The number of anilines is 2. The van der Waals surface area contributed by atoms with E-state index in [1.54, 1.807) is 34.1 Å². The van der Waals surface area contributed by atoms with E-state index in [1.165, 1.54) is 13.8 Å². The van der Waals surface area contributed by atoms with Crippen molar-refractivity contribution in [1.82, 2.24) is 10.2 Å². The predicted octanol–water partition coefficient (Wildman–Crippen LogP) is 4.55. The maximum absolute atomic E-state index is 14.3. The molecule has 1 fully saturated rings. The number of carbonyl (C=O) groups is 4. The normalized spacial score (nSPS) is 14.2. The lowest BCUT2D eigenvalue weighted by Gasteiger charge is -2.47. The summed E-state index contributed by atoms with van der Waals surface area (Å²) < 4.78 is 0. The van der Waals surface area contributed by atoms with E-state index in [-0.39, 0.29) is 23.6 Å². The lowest BCUT2D eigenvalue weighted by atomic mass is 9.83. The molecule has 1 saturated heterocycles. The number of aryl methyl sites for hydroxylation is 1. The summed E-state index contributed by atoms with van der Waals surface area (Å²) in [7, 11) is 0. The van der Waals surface area contributed by atoms with Crippen LogP contribution in [-0.2, 0) is 27.3 Å². The van der Waals surface area contributed by atoms with E-state index in [9.17, 15) is 19.2 Å². The molecule has 0 radical (unpaired) electrons. The zero-order valence-corrected chi connectivity index (χ0v) is 23.3. The van der Waals surface area contributed by atoms with E-state index in [4.69, 9.17) is 0 Å². The topological polar surface area (TPSA) is 98.8 Å². The molecule has 1 aliphatic rings. The zero-order valence-electron chi connectivity index (χ0n) is 23.3. The van der Waals surface area contributed by atoms with Crippen LogP contribution in [0.5, 0.6) is 0 Å². The third-order valence-corrected chi connectivity index (χ3v) is 7.44. The summed E-state index contributed by atoms with van der Waals surface area (Å²) in [6, 6.07) is 24.0. The van der Waals surface area contributed by atoms with Gasteiger partial charge in [-0.05, 0) is 66.8 Å². The van der Waals surface area contributed by atoms with E-state index >= 15 is 0 Å². The molecular weight excluding hydrogens is 504 g/mol. The van der Waals surface area contributed by atoms with E-state index < -0.39 is 5.54 Å². The Morgan fingerprint density at radius 1 is 0.825 bits per heavy atom. The third kappa shape index (κ3) is 6.39. The van der Waals surface area contributed by atoms with Gasteiger partial charge in [-0.1, -0.05) is 49.4 Å². The van der Waals surface area contributed by atoms with Gasteiger partial charge in [-0.3, -0.25) is 24.1 Å². The minimum Gasteiger partial charge on any atom is -0.350 e. The van der Waals surface area contributed by atoms with Crippen molar-refractivity contribution in [1.29, 1.82) is 0 Å². The number of amides is 4. The number of benzene rings is 3. The van der Waals surface area contributed by atoms with Crippen LogP contribution in [0.1, 0.15) is 55.1 Å². The molecule has 0 bridgehead atoms. The van der Waals surface area contributed by atoms with Crippen LogP contribution in [0.15, 0.2) is 78.9 Å². The van der Waals surface area contributed by atoms with Crippen LogP contribution in [0.25, 0.3) is 0 Å². The van der Waals surface area contributed by atoms with Crippen LogP contribution < -0.4 is 15.5 Å². The number of nitrogens with one attached hydrogen (secondary N) is 2. The Balaban J connectivity index is 1.76. The van der Waals surface area contributed by atoms with Crippen LogP contribution in [0.2, 0.25) is 0 Å². The van der Waals surface area contributed by atoms with Crippen molar-refractivity contribution in [2.45, 2.75) is 52.1 Å². The molecule has 1 heterocycles. The van der Waals surface area contributed by atoms with Gasteiger partial charge < -0.3 is 15.5 Å². The molecule has 4 rings (SSSR count). The first-order valence-corrected chi connectivity index (χ1v) is 13.6. The highest BCUT2D eigenvalue weighted by Crippen LogP contribution is 2.36. The van der Waals surface area contributed by atoms with Crippen molar-refractivity contribution in [3.05, 3.63) is 95.6 Å². The number of carbonyl (C=O) groups excluding carboxylic acids is 4. The summed E-state index contributed by atoms with van der Waals surface area (Å²) in [5.74, 6) is -0.855. The van der Waals surface area contributed by atoms with Crippen molar-refractivity contribution >= 4 is 35.0 Å². The van der Waals surface area contributed by atoms with Crippen molar-refractivity contribution < 1.29 is 19.2 Å². The summed E-state index contributed by atoms with van der Waals surface area (Å²) in [6.45, 7) is 6.03. The van der Waals surface area contributed by atoms with Gasteiger partial charge in [-0.25, -0.2) is 0 Å². The minimum absolute atomic E-state index is 0.0583. The molecule has 4 amide bonds. The van der Waals surface area contributed by atoms with Crippen molar-refractivity contribution in [3.63, 3.8) is 0 Å². The van der Waals surface area contributed by atoms with Gasteiger partial charge in [-0.15, -0.1) is 0 Å². The zero-order chi connectivity index (χ0) is 28.7. The second-order valence-corrected chi connectivity index (χ2v) is 10.1. The number of piperidine rings is 1. The first-order chi connectivity index (χ1) is 19.2. The molecule has 3 aromatic rings. The Bertz CT molecular complexity index is 1350. The van der Waals surface area contributed by atoms with Crippen LogP contribution in [0, 0.1) is 0 Å². The largest absolute Gasteiger partial charge is 0.350 e. The standard InChI is InChI=1S/C32H36N4O4/c1-4-25-10-16-29(17-11-25)36(30(39)27-12-14-28(15-13-27)34-23(2)37)32(18-20-35(21-19-32)24(3)38)31(40)33-22-26-8-6-5-7-9-26/h5-17H,4,18-22H2,1-3H3,(H,33,40)(H,34,37). The van der Waals surface area contributed by atoms with Crippen LogP contribution in [-0.4, -0.2) is 47.2 Å². The number of hydrogen-bond acceptors (Lipinski definition) is 4. The van der Waals surface area contributed by atoms with Crippen molar-refractivity contribution in [2.75, 3.05) is 23.3 Å². The monoisotopic (exact) mass is 540 g/mol. The summed E-state index contributed by atoms with van der Waals surface area (Å²) in [5.41, 5.74) is 2.42. The third-order valence-electron chi connectivity index (χ3n) is 7.44. The van der Waals surface area contributed by atoms with Gasteiger partial charge in [0, 0.05) is 50.4 Å². The molecule has 8 heteroatoms. The second-order valence-electron chi connectivity index (χ2n) is 10.1. The van der Waals surface area contributed by atoms with Gasteiger partial charge in [0.25, 0.3) is 5.91 Å². The molecule has 2 N–H and O–H groups in total. The molecular formula is C32H36N4O4. The Hall–Kier alpha value is -4.46. The van der Waals surface area contributed by atoms with Crippen LogP contribution in [0.3, 0.4) is 0 Å². The van der Waals surface area contributed by atoms with Gasteiger partial charge >= 0.3 is 0 Å². The highest BCUT2D eigenvalue weighted by Gasteiger charge is 2.49. The van der Waals surface area contributed by atoms with Crippen LogP contribution >= 0.6 is 0 Å². The maximum Gasteiger partial charge on any atom is 0.259 e. The molecule has 0 saturated carbocycles. The molecule has 0 aliphatic carbocycles. The number of likely N-dealkylation sites (tertiary alicyclic amines) is 1. The highest BCUT2D eigenvalue weighted by molar-refractivity contribution is 6.12. The summed E-state index contributed by atoms with van der Waals surface area (Å²) in [6.07, 6.45) is 1.42. The van der Waals surface area contributed by atoms with E-state index in [0.29, 0.717) is 49.4 Å². The second kappa shape index (κ2) is 12.6. The predicted molar refractivity (Wildman–Crippen MR) is 156 cm³/mol. The molecule has 0 unspecified atom stereocenters. The Morgan fingerprint density at radius 2 is 1.45 bits per heavy atom. The molecule has 3 aromatic carbocycles. The Kier molecular flexibility index (Phi) is 8.99. The molecule has 0 atom stereocenters. The Labute approximate surface area is 235 Å². The maximum atomic E-state index is 14.3. The fourth-order valence-electron chi connectivity index (χ4n) is 5.15. The number of rotatable bonds is 8. The van der Waals surface area contributed by atoms with Gasteiger partial charge in [0.1, 0.15) is 5.54 Å². The van der Waals surface area contributed by atoms with Gasteiger partial charge in [-0.2, -0.15) is 0 Å². The summed E-state index contributed by atoms with van der Waals surface area (Å²) >= 11 is 0. The van der Waals surface area contributed by atoms with E-state index in [2.05, 4.69) is 17.6 Å². The van der Waals surface area contributed by atoms with Crippen molar-refractivity contribution in [2.24, 2.45) is 0 Å². The number of hydrogen-bond donors (Lipinski definition) is 2. The van der Waals surface area contributed by atoms with Gasteiger partial charge in [0.15, 0.2) is 0 Å². The quantitative estimate of drug-likeness (QED) is 0.438. The lowest BCUT2D eigenvalue weighted by molar-refractivity contribution is -0.135. The molecule has 1 aliphatic heterocycles. The fourth-order valence-corrected chi connectivity index (χ4v) is 5.15. The van der Waals surface area contributed by atoms with E-state index in [1.807, 2.05) is 54.6 Å².